The molecule has 0 aromatic heterocycles. The molecule has 0 bridgehead atoms. The Labute approximate surface area is 230 Å². The van der Waals surface area contributed by atoms with Gasteiger partial charge in [-0.15, -0.1) is 0 Å². The van der Waals surface area contributed by atoms with E-state index in [9.17, 15) is 0 Å². The number of rotatable bonds is 12. The highest BCUT2D eigenvalue weighted by atomic mass is 16.5. The Morgan fingerprint density at radius 1 is 1.21 bits per heavy atom. The first-order valence-electron chi connectivity index (χ1n) is 13.2. The number of amidine groups is 1. The van der Waals surface area contributed by atoms with Crippen molar-refractivity contribution in [3.05, 3.63) is 107 Å². The van der Waals surface area contributed by atoms with Gasteiger partial charge in [0.15, 0.2) is 0 Å². The molecular formula is C30H38N8O. The van der Waals surface area contributed by atoms with Gasteiger partial charge in [-0.1, -0.05) is 44.2 Å². The van der Waals surface area contributed by atoms with E-state index in [1.165, 1.54) is 11.8 Å². The Bertz CT molecular complexity index is 1280. The van der Waals surface area contributed by atoms with Gasteiger partial charge in [-0.05, 0) is 41.4 Å². The Balaban J connectivity index is 1.24. The number of dihydropyridines is 2. The summed E-state index contributed by atoms with van der Waals surface area (Å²) >= 11 is 0. The number of nitrogens with one attached hydrogen (secondary N) is 3. The predicted molar refractivity (Wildman–Crippen MR) is 159 cm³/mol. The Hall–Kier alpha value is -4.21. The molecule has 0 unspecified atom stereocenters. The first-order valence-corrected chi connectivity index (χ1v) is 13.2. The van der Waals surface area contributed by atoms with Crippen LogP contribution in [0.3, 0.4) is 0 Å². The molecule has 0 spiro atoms. The fourth-order valence-electron chi connectivity index (χ4n) is 4.29. The van der Waals surface area contributed by atoms with Crippen molar-refractivity contribution in [2.45, 2.75) is 26.5 Å². The Kier molecular flexibility index (Phi) is 9.66. The third-order valence-corrected chi connectivity index (χ3v) is 6.53. The number of ether oxygens (including phenoxy) is 1. The molecule has 1 saturated heterocycles. The number of benzene rings is 1. The average Bonchev–Trinajstić information content (AvgIpc) is 2.92. The monoisotopic (exact) mass is 526 g/mol. The molecule has 0 aliphatic carbocycles. The SMILES string of the molecule is CC(C)C(C=N)=CC(N)=NC1=CC=C2NC=C(C(C=NCCOC3CN(Cc4ccccc4)C3)=CN)C=C2N1. The standard InChI is InChI=1S/C30H38N8O/c1-21(2)23(14-31)13-29(33)37-30-9-8-27-28(36-30)12-24(17-35-27)25(15-32)16-34-10-11-39-26-19-38(20-26)18-22-6-4-3-5-7-22/h3-9,12-17,21,26,31,35-36H,10-11,18-20,32H2,1-2H3,(H2,33,37). The van der Waals surface area contributed by atoms with E-state index in [0.29, 0.717) is 24.8 Å². The van der Waals surface area contributed by atoms with Crippen molar-refractivity contribution in [2.75, 3.05) is 26.2 Å². The maximum absolute atomic E-state index is 7.55. The normalized spacial score (nSPS) is 18.9. The third kappa shape index (κ3) is 7.89. The Morgan fingerprint density at radius 3 is 2.72 bits per heavy atom. The smallest absolute Gasteiger partial charge is 0.132 e. The van der Waals surface area contributed by atoms with Gasteiger partial charge in [0, 0.05) is 55.6 Å². The summed E-state index contributed by atoms with van der Waals surface area (Å²) in [4.78, 5) is 11.4. The summed E-state index contributed by atoms with van der Waals surface area (Å²) in [6, 6.07) is 10.5. The van der Waals surface area contributed by atoms with Crippen molar-refractivity contribution in [3.8, 4) is 0 Å². The minimum atomic E-state index is 0.192. The fraction of sp³-hybridized carbons (Fsp3) is 0.300. The highest BCUT2D eigenvalue weighted by Crippen LogP contribution is 2.22. The number of hydrogen-bond donors (Lipinski definition) is 5. The van der Waals surface area contributed by atoms with Crippen molar-refractivity contribution >= 4 is 18.3 Å². The van der Waals surface area contributed by atoms with Crippen LogP contribution < -0.4 is 22.1 Å². The van der Waals surface area contributed by atoms with Crippen LogP contribution in [-0.2, 0) is 11.3 Å². The highest BCUT2D eigenvalue weighted by Gasteiger charge is 2.26. The zero-order chi connectivity index (χ0) is 27.6. The van der Waals surface area contributed by atoms with Crippen LogP contribution >= 0.6 is 0 Å². The molecule has 1 aromatic carbocycles. The fourth-order valence-corrected chi connectivity index (χ4v) is 4.29. The van der Waals surface area contributed by atoms with Gasteiger partial charge in [-0.2, -0.15) is 0 Å². The van der Waals surface area contributed by atoms with E-state index in [1.54, 1.807) is 18.5 Å². The minimum absolute atomic E-state index is 0.192. The van der Waals surface area contributed by atoms with Crippen molar-refractivity contribution in [3.63, 3.8) is 0 Å². The van der Waals surface area contributed by atoms with Crippen molar-refractivity contribution in [2.24, 2.45) is 27.4 Å². The Morgan fingerprint density at radius 2 is 2.00 bits per heavy atom. The molecule has 1 aromatic rings. The van der Waals surface area contributed by atoms with E-state index in [4.69, 9.17) is 21.6 Å². The second-order valence-electron chi connectivity index (χ2n) is 9.87. The van der Waals surface area contributed by atoms with Crippen LogP contribution in [0.15, 0.2) is 111 Å². The molecule has 3 aliphatic heterocycles. The predicted octanol–water partition coefficient (Wildman–Crippen LogP) is 3.09. The zero-order valence-corrected chi connectivity index (χ0v) is 22.6. The molecule has 39 heavy (non-hydrogen) atoms. The summed E-state index contributed by atoms with van der Waals surface area (Å²) in [7, 11) is 0. The molecule has 1 fully saturated rings. The molecular weight excluding hydrogens is 488 g/mol. The molecule has 204 valence electrons. The number of nitrogens with two attached hydrogens (primary N) is 2. The molecule has 0 saturated carbocycles. The largest absolute Gasteiger partial charge is 0.404 e. The lowest BCUT2D eigenvalue weighted by Gasteiger charge is -2.38. The summed E-state index contributed by atoms with van der Waals surface area (Å²) in [5.41, 5.74) is 17.6. The van der Waals surface area contributed by atoms with Gasteiger partial charge in [-0.3, -0.25) is 9.89 Å². The van der Waals surface area contributed by atoms with Crippen LogP contribution in [0, 0.1) is 11.3 Å². The van der Waals surface area contributed by atoms with E-state index in [0.717, 1.165) is 47.7 Å². The second kappa shape index (κ2) is 13.5. The molecule has 3 heterocycles. The van der Waals surface area contributed by atoms with E-state index < -0.39 is 0 Å². The van der Waals surface area contributed by atoms with E-state index in [2.05, 4.69) is 49.8 Å². The maximum Gasteiger partial charge on any atom is 0.132 e. The van der Waals surface area contributed by atoms with E-state index in [1.807, 2.05) is 44.3 Å². The van der Waals surface area contributed by atoms with Crippen molar-refractivity contribution in [1.29, 1.82) is 5.41 Å². The molecule has 3 aliphatic rings. The number of fused-ring (bicyclic) bond motifs is 1. The molecule has 0 atom stereocenters. The topological polar surface area (TPSA) is 137 Å². The average molecular weight is 527 g/mol. The van der Waals surface area contributed by atoms with Crippen LogP contribution in [0.4, 0.5) is 0 Å². The van der Waals surface area contributed by atoms with E-state index >= 15 is 0 Å². The van der Waals surface area contributed by atoms with Gasteiger partial charge >= 0.3 is 0 Å². The lowest BCUT2D eigenvalue weighted by atomic mass is 10.0. The maximum atomic E-state index is 7.55. The van der Waals surface area contributed by atoms with Gasteiger partial charge < -0.3 is 32.2 Å². The molecule has 0 radical (unpaired) electrons. The first-order chi connectivity index (χ1) is 18.9. The third-order valence-electron chi connectivity index (χ3n) is 6.53. The molecule has 9 heteroatoms. The molecule has 7 N–H and O–H groups in total. The summed E-state index contributed by atoms with van der Waals surface area (Å²) in [5.74, 6) is 1.13. The van der Waals surface area contributed by atoms with Crippen LogP contribution in [0.5, 0.6) is 0 Å². The highest BCUT2D eigenvalue weighted by molar-refractivity contribution is 5.97. The zero-order valence-electron chi connectivity index (χ0n) is 22.6. The van der Waals surface area contributed by atoms with Gasteiger partial charge in [0.2, 0.25) is 0 Å². The summed E-state index contributed by atoms with van der Waals surface area (Å²) in [6.07, 6.45) is 14.3. The quantitative estimate of drug-likeness (QED) is 0.161. The van der Waals surface area contributed by atoms with Crippen LogP contribution in [-0.4, -0.2) is 55.5 Å². The van der Waals surface area contributed by atoms with E-state index in [-0.39, 0.29) is 12.0 Å². The summed E-state index contributed by atoms with van der Waals surface area (Å²) in [6.45, 7) is 8.02. The summed E-state index contributed by atoms with van der Waals surface area (Å²) in [5, 5.41) is 14.1. The van der Waals surface area contributed by atoms with Gasteiger partial charge in [-0.25, -0.2) is 4.99 Å². The van der Waals surface area contributed by atoms with Gasteiger partial charge in [0.05, 0.1) is 30.6 Å². The van der Waals surface area contributed by atoms with Crippen molar-refractivity contribution < 1.29 is 4.74 Å². The lowest BCUT2D eigenvalue weighted by Crippen LogP contribution is -2.51. The number of likely N-dealkylation sites (tertiary alicyclic amines) is 1. The first kappa shape index (κ1) is 27.8. The minimum Gasteiger partial charge on any atom is -0.404 e. The lowest BCUT2D eigenvalue weighted by molar-refractivity contribution is -0.0548. The number of allylic oxidation sites excluding steroid dienone is 6. The molecule has 0 amide bonds. The molecule has 4 rings (SSSR count). The number of nitrogens with zero attached hydrogens (tertiary/aromatic N) is 3. The van der Waals surface area contributed by atoms with Crippen molar-refractivity contribution in [1.82, 2.24) is 15.5 Å². The molecule has 9 nitrogen and oxygen atoms in total. The van der Waals surface area contributed by atoms with Crippen LogP contribution in [0.2, 0.25) is 0 Å². The van der Waals surface area contributed by atoms with Gasteiger partial charge in [0.1, 0.15) is 11.7 Å². The van der Waals surface area contributed by atoms with Gasteiger partial charge in [0.25, 0.3) is 0 Å². The number of aliphatic imine (C=N–C) groups is 2. The second-order valence-corrected chi connectivity index (χ2v) is 9.87. The van der Waals surface area contributed by atoms with Crippen LogP contribution in [0.25, 0.3) is 0 Å². The van der Waals surface area contributed by atoms with Crippen LogP contribution in [0.1, 0.15) is 19.4 Å². The summed E-state index contributed by atoms with van der Waals surface area (Å²) < 4.78 is 5.96. The number of hydrogen-bond acceptors (Lipinski definition) is 8.